The van der Waals surface area contributed by atoms with Gasteiger partial charge in [-0.1, -0.05) is 6.92 Å². The van der Waals surface area contributed by atoms with Crippen molar-refractivity contribution in [3.05, 3.63) is 28.2 Å². The second kappa shape index (κ2) is 6.99. The number of benzene rings is 1. The maximum absolute atomic E-state index is 12.3. The topological polar surface area (TPSA) is 66.8 Å². The van der Waals surface area contributed by atoms with Crippen LogP contribution in [0.2, 0.25) is 0 Å². The molecule has 122 valence electrons. The van der Waals surface area contributed by atoms with Crippen molar-refractivity contribution >= 4 is 27.8 Å². The van der Waals surface area contributed by atoms with Crippen LogP contribution in [0.25, 0.3) is 0 Å². The number of carbonyl (C=O) groups is 2. The molecule has 5 nitrogen and oxygen atoms in total. The van der Waals surface area contributed by atoms with Crippen molar-refractivity contribution in [3.63, 3.8) is 0 Å². The van der Waals surface area contributed by atoms with E-state index in [1.54, 1.807) is 0 Å². The fourth-order valence-corrected chi connectivity index (χ4v) is 1.96. The Morgan fingerprint density at radius 3 is 2.50 bits per heavy atom. The molecule has 1 atom stereocenters. The van der Waals surface area contributed by atoms with Crippen LogP contribution in [-0.4, -0.2) is 41.8 Å². The van der Waals surface area contributed by atoms with Crippen LogP contribution in [0.1, 0.15) is 17.3 Å². The van der Waals surface area contributed by atoms with Gasteiger partial charge in [0.2, 0.25) is 0 Å². The van der Waals surface area contributed by atoms with Gasteiger partial charge in [-0.05, 0) is 34.1 Å². The summed E-state index contributed by atoms with van der Waals surface area (Å²) in [6, 6.07) is 3.52. The minimum Gasteiger partial charge on any atom is -0.481 e. The minimum absolute atomic E-state index is 0.0393. The lowest BCUT2D eigenvalue weighted by molar-refractivity contribution is -0.274. The fraction of sp³-hybridized carbons (Fsp3) is 0.385. The van der Waals surface area contributed by atoms with Gasteiger partial charge in [-0.3, -0.25) is 9.59 Å². The monoisotopic (exact) mass is 383 g/mol. The molecule has 0 aliphatic rings. The molecule has 0 aromatic heterocycles. The Bertz CT molecular complexity index is 577. The highest BCUT2D eigenvalue weighted by molar-refractivity contribution is 9.10. The standard InChI is InChI=1S/C13H13BrF3NO4/c1-7(12(20)21)6-18(2)11(19)8-3-4-9(14)10(5-8)22-13(15,16)17/h3-5,7H,6H2,1-2H3,(H,20,21). The van der Waals surface area contributed by atoms with Gasteiger partial charge in [0, 0.05) is 19.2 Å². The number of halogens is 4. The van der Waals surface area contributed by atoms with Crippen LogP contribution in [0.4, 0.5) is 13.2 Å². The number of ether oxygens (including phenoxy) is 1. The van der Waals surface area contributed by atoms with E-state index < -0.39 is 29.9 Å². The van der Waals surface area contributed by atoms with Crippen molar-refractivity contribution in [3.8, 4) is 5.75 Å². The summed E-state index contributed by atoms with van der Waals surface area (Å²) in [5, 5.41) is 8.80. The molecule has 1 aromatic rings. The molecule has 1 N–H and O–H groups in total. The van der Waals surface area contributed by atoms with Crippen molar-refractivity contribution < 1.29 is 32.6 Å². The van der Waals surface area contributed by atoms with E-state index in [-0.39, 0.29) is 16.6 Å². The van der Waals surface area contributed by atoms with E-state index >= 15 is 0 Å². The minimum atomic E-state index is -4.88. The summed E-state index contributed by atoms with van der Waals surface area (Å²) in [5.74, 6) is -3.02. The van der Waals surface area contributed by atoms with Crippen LogP contribution in [0, 0.1) is 5.92 Å². The maximum Gasteiger partial charge on any atom is 0.573 e. The third-order valence-corrected chi connectivity index (χ3v) is 3.37. The second-order valence-corrected chi connectivity index (χ2v) is 5.47. The molecule has 1 amide bonds. The predicted molar refractivity (Wildman–Crippen MR) is 74.6 cm³/mol. The highest BCUT2D eigenvalue weighted by Crippen LogP contribution is 2.31. The van der Waals surface area contributed by atoms with Crippen LogP contribution in [0.3, 0.4) is 0 Å². The van der Waals surface area contributed by atoms with Crippen LogP contribution in [0.15, 0.2) is 22.7 Å². The first-order valence-corrected chi connectivity index (χ1v) is 6.84. The number of rotatable bonds is 5. The van der Waals surface area contributed by atoms with Crippen LogP contribution >= 0.6 is 15.9 Å². The smallest absolute Gasteiger partial charge is 0.481 e. The van der Waals surface area contributed by atoms with Crippen molar-refractivity contribution in [2.24, 2.45) is 5.92 Å². The highest BCUT2D eigenvalue weighted by atomic mass is 79.9. The molecule has 0 spiro atoms. The van der Waals surface area contributed by atoms with Gasteiger partial charge >= 0.3 is 12.3 Å². The number of alkyl halides is 3. The van der Waals surface area contributed by atoms with Gasteiger partial charge in [0.15, 0.2) is 0 Å². The van der Waals surface area contributed by atoms with Crippen molar-refractivity contribution in [1.82, 2.24) is 4.90 Å². The molecule has 9 heteroatoms. The summed E-state index contributed by atoms with van der Waals surface area (Å²) < 4.78 is 40.7. The number of carboxylic acid groups (broad SMARTS) is 1. The van der Waals surface area contributed by atoms with Crippen molar-refractivity contribution in [2.45, 2.75) is 13.3 Å². The van der Waals surface area contributed by atoms with Gasteiger partial charge in [0.25, 0.3) is 5.91 Å². The van der Waals surface area contributed by atoms with Gasteiger partial charge in [0.05, 0.1) is 10.4 Å². The molecular weight excluding hydrogens is 371 g/mol. The van der Waals surface area contributed by atoms with E-state index in [0.29, 0.717) is 0 Å². The summed E-state index contributed by atoms with van der Waals surface area (Å²) in [7, 11) is 1.37. The van der Waals surface area contributed by atoms with E-state index in [0.717, 1.165) is 11.0 Å². The largest absolute Gasteiger partial charge is 0.573 e. The van der Waals surface area contributed by atoms with Gasteiger partial charge in [-0.25, -0.2) is 0 Å². The predicted octanol–water partition coefficient (Wildman–Crippen LogP) is 3.14. The van der Waals surface area contributed by atoms with E-state index in [1.165, 1.54) is 26.1 Å². The van der Waals surface area contributed by atoms with Crippen molar-refractivity contribution in [1.29, 1.82) is 0 Å². The van der Waals surface area contributed by atoms with E-state index in [2.05, 4.69) is 20.7 Å². The summed E-state index contributed by atoms with van der Waals surface area (Å²) in [4.78, 5) is 24.0. The zero-order chi connectivity index (χ0) is 17.1. The summed E-state index contributed by atoms with van der Waals surface area (Å²) >= 11 is 2.90. The van der Waals surface area contributed by atoms with Gasteiger partial charge in [-0.15, -0.1) is 13.2 Å². The van der Waals surface area contributed by atoms with Crippen LogP contribution in [-0.2, 0) is 4.79 Å². The summed E-state index contributed by atoms with van der Waals surface area (Å²) in [6.07, 6.45) is -4.88. The number of hydrogen-bond acceptors (Lipinski definition) is 3. The SMILES string of the molecule is CC(CN(C)C(=O)c1ccc(Br)c(OC(F)(F)F)c1)C(=O)O. The molecule has 0 aliphatic heterocycles. The van der Waals surface area contributed by atoms with E-state index in [9.17, 15) is 22.8 Å². The molecule has 0 heterocycles. The molecule has 0 radical (unpaired) electrons. The molecule has 0 bridgehead atoms. The number of carboxylic acids is 1. The average Bonchev–Trinajstić information content (AvgIpc) is 2.38. The second-order valence-electron chi connectivity index (χ2n) is 4.62. The zero-order valence-electron chi connectivity index (χ0n) is 11.6. The Kier molecular flexibility index (Phi) is 5.81. The molecule has 1 unspecified atom stereocenters. The molecule has 1 rings (SSSR count). The van der Waals surface area contributed by atoms with E-state index in [1.807, 2.05) is 0 Å². The molecule has 0 aliphatic carbocycles. The molecule has 0 fully saturated rings. The molecule has 1 aromatic carbocycles. The molecular formula is C13H13BrF3NO4. The van der Waals surface area contributed by atoms with Gasteiger partial charge < -0.3 is 14.7 Å². The van der Waals surface area contributed by atoms with E-state index in [4.69, 9.17) is 5.11 Å². The third kappa shape index (κ3) is 5.21. The average molecular weight is 384 g/mol. The first kappa shape index (κ1) is 18.3. The number of nitrogens with zero attached hydrogens (tertiary/aromatic N) is 1. The zero-order valence-corrected chi connectivity index (χ0v) is 13.2. The number of hydrogen-bond donors (Lipinski definition) is 1. The normalized spacial score (nSPS) is 12.6. The third-order valence-electron chi connectivity index (χ3n) is 2.72. The first-order valence-electron chi connectivity index (χ1n) is 6.05. The van der Waals surface area contributed by atoms with Crippen LogP contribution in [0.5, 0.6) is 5.75 Å². The molecule has 0 saturated heterocycles. The van der Waals surface area contributed by atoms with Gasteiger partial charge in [-0.2, -0.15) is 0 Å². The summed E-state index contributed by atoms with van der Waals surface area (Å²) in [6.45, 7) is 1.35. The lowest BCUT2D eigenvalue weighted by Gasteiger charge is -2.20. The van der Waals surface area contributed by atoms with Gasteiger partial charge in [0.1, 0.15) is 5.75 Å². The fourth-order valence-electron chi connectivity index (χ4n) is 1.63. The Morgan fingerprint density at radius 2 is 2.00 bits per heavy atom. The molecule has 22 heavy (non-hydrogen) atoms. The number of aliphatic carboxylic acids is 1. The maximum atomic E-state index is 12.3. The Balaban J connectivity index is 2.94. The lowest BCUT2D eigenvalue weighted by Crippen LogP contribution is -2.33. The molecule has 0 saturated carbocycles. The van der Waals surface area contributed by atoms with Crippen molar-refractivity contribution in [2.75, 3.05) is 13.6 Å². The van der Waals surface area contributed by atoms with Crippen LogP contribution < -0.4 is 4.74 Å². The quantitative estimate of drug-likeness (QED) is 0.847. The summed E-state index contributed by atoms with van der Waals surface area (Å²) in [5.41, 5.74) is -0.0393. The Labute approximate surface area is 132 Å². The Morgan fingerprint density at radius 1 is 1.41 bits per heavy atom. The highest BCUT2D eigenvalue weighted by Gasteiger charge is 2.32. The lowest BCUT2D eigenvalue weighted by atomic mass is 10.1. The number of carbonyl (C=O) groups excluding carboxylic acids is 1. The first-order chi connectivity index (χ1) is 10.0. The number of amides is 1. The Hall–Kier alpha value is -1.77.